The second-order valence-corrected chi connectivity index (χ2v) is 5.28. The Hall–Kier alpha value is -0.790. The molecular weight excluding hydrogens is 162 g/mol. The van der Waals surface area contributed by atoms with Crippen LogP contribution < -0.4 is 5.73 Å². The molecule has 0 fully saturated rings. The molecule has 0 rings (SSSR count). The standard InChI is InChI=1S/C11H21NO/c1-8(10(2,3)4)7-11(5,6)9(12)13/h1,7H2,2-6H3,(H2,12,13). The van der Waals surface area contributed by atoms with Crippen molar-refractivity contribution in [3.05, 3.63) is 12.2 Å². The molecule has 0 atom stereocenters. The molecule has 76 valence electrons. The molecule has 0 radical (unpaired) electrons. The number of primary amides is 1. The maximum absolute atomic E-state index is 11.1. The van der Waals surface area contributed by atoms with E-state index < -0.39 is 5.41 Å². The van der Waals surface area contributed by atoms with Crippen LogP contribution in [0.15, 0.2) is 12.2 Å². The fourth-order valence-electron chi connectivity index (χ4n) is 0.886. The first kappa shape index (κ1) is 12.2. The van der Waals surface area contributed by atoms with E-state index in [0.29, 0.717) is 6.42 Å². The van der Waals surface area contributed by atoms with Crippen LogP contribution in [0.3, 0.4) is 0 Å². The summed E-state index contributed by atoms with van der Waals surface area (Å²) < 4.78 is 0. The zero-order valence-electron chi connectivity index (χ0n) is 9.40. The van der Waals surface area contributed by atoms with Gasteiger partial charge in [0.1, 0.15) is 0 Å². The Morgan fingerprint density at radius 3 is 1.85 bits per heavy atom. The highest BCUT2D eigenvalue weighted by molar-refractivity contribution is 5.80. The third-order valence-corrected chi connectivity index (χ3v) is 2.38. The highest BCUT2D eigenvalue weighted by atomic mass is 16.1. The second-order valence-electron chi connectivity index (χ2n) is 5.28. The third kappa shape index (κ3) is 3.62. The van der Waals surface area contributed by atoms with Crippen LogP contribution in [0.4, 0.5) is 0 Å². The summed E-state index contributed by atoms with van der Waals surface area (Å²) in [5, 5.41) is 0. The summed E-state index contributed by atoms with van der Waals surface area (Å²) in [6.07, 6.45) is 0.659. The second kappa shape index (κ2) is 3.52. The molecule has 0 spiro atoms. The Balaban J connectivity index is 4.47. The van der Waals surface area contributed by atoms with Gasteiger partial charge >= 0.3 is 0 Å². The van der Waals surface area contributed by atoms with Gasteiger partial charge in [-0.05, 0) is 11.8 Å². The van der Waals surface area contributed by atoms with Crippen molar-refractivity contribution in [1.29, 1.82) is 0 Å². The van der Waals surface area contributed by atoms with Gasteiger partial charge in [-0.25, -0.2) is 0 Å². The number of amides is 1. The summed E-state index contributed by atoms with van der Waals surface area (Å²) in [6, 6.07) is 0. The van der Waals surface area contributed by atoms with Gasteiger partial charge in [-0.2, -0.15) is 0 Å². The quantitative estimate of drug-likeness (QED) is 0.671. The number of hydrogen-bond donors (Lipinski definition) is 1. The summed E-state index contributed by atoms with van der Waals surface area (Å²) in [4.78, 5) is 11.1. The molecule has 13 heavy (non-hydrogen) atoms. The minimum atomic E-state index is -0.482. The monoisotopic (exact) mass is 183 g/mol. The number of carbonyl (C=O) groups excluding carboxylic acids is 1. The van der Waals surface area contributed by atoms with Gasteiger partial charge in [-0.1, -0.05) is 46.8 Å². The maximum Gasteiger partial charge on any atom is 0.223 e. The van der Waals surface area contributed by atoms with E-state index in [1.54, 1.807) is 0 Å². The van der Waals surface area contributed by atoms with Crippen LogP contribution in [-0.4, -0.2) is 5.91 Å². The largest absolute Gasteiger partial charge is 0.369 e. The molecule has 0 bridgehead atoms. The SMILES string of the molecule is C=C(CC(C)(C)C(N)=O)C(C)(C)C. The van der Waals surface area contributed by atoms with Gasteiger partial charge in [0.15, 0.2) is 0 Å². The molecule has 0 aliphatic heterocycles. The first-order valence-corrected chi connectivity index (χ1v) is 4.55. The normalized spacial score (nSPS) is 12.7. The van der Waals surface area contributed by atoms with Crippen molar-refractivity contribution in [3.63, 3.8) is 0 Å². The Labute approximate surface area is 81.2 Å². The topological polar surface area (TPSA) is 43.1 Å². The maximum atomic E-state index is 11.1. The lowest BCUT2D eigenvalue weighted by atomic mass is 9.76. The number of nitrogens with two attached hydrogens (primary N) is 1. The molecule has 2 nitrogen and oxygen atoms in total. The average Bonchev–Trinajstić information content (AvgIpc) is 1.83. The van der Waals surface area contributed by atoms with Gasteiger partial charge < -0.3 is 5.73 Å². The van der Waals surface area contributed by atoms with E-state index in [4.69, 9.17) is 5.73 Å². The first-order chi connectivity index (χ1) is 5.57. The number of allylic oxidation sites excluding steroid dienone is 1. The van der Waals surface area contributed by atoms with Gasteiger partial charge in [0.2, 0.25) is 5.91 Å². The molecule has 0 aliphatic rings. The van der Waals surface area contributed by atoms with Crippen LogP contribution in [0, 0.1) is 10.8 Å². The lowest BCUT2D eigenvalue weighted by Gasteiger charge is -2.28. The van der Waals surface area contributed by atoms with Gasteiger partial charge in [0.05, 0.1) is 0 Å². The van der Waals surface area contributed by atoms with Crippen molar-refractivity contribution in [3.8, 4) is 0 Å². The molecule has 0 aromatic rings. The van der Waals surface area contributed by atoms with Crippen LogP contribution in [0.5, 0.6) is 0 Å². The Morgan fingerprint density at radius 1 is 1.23 bits per heavy atom. The van der Waals surface area contributed by atoms with E-state index >= 15 is 0 Å². The fraction of sp³-hybridized carbons (Fsp3) is 0.727. The van der Waals surface area contributed by atoms with Crippen LogP contribution in [0.25, 0.3) is 0 Å². The summed E-state index contributed by atoms with van der Waals surface area (Å²) in [6.45, 7) is 14.0. The van der Waals surface area contributed by atoms with Crippen molar-refractivity contribution in [1.82, 2.24) is 0 Å². The van der Waals surface area contributed by atoms with Crippen molar-refractivity contribution in [2.45, 2.75) is 41.0 Å². The van der Waals surface area contributed by atoms with Crippen LogP contribution in [0.2, 0.25) is 0 Å². The van der Waals surface area contributed by atoms with Crippen LogP contribution in [0.1, 0.15) is 41.0 Å². The highest BCUT2D eigenvalue weighted by Crippen LogP contribution is 2.33. The summed E-state index contributed by atoms with van der Waals surface area (Å²) in [7, 11) is 0. The van der Waals surface area contributed by atoms with Gasteiger partial charge in [0, 0.05) is 5.41 Å². The minimum Gasteiger partial charge on any atom is -0.369 e. The van der Waals surface area contributed by atoms with E-state index in [0.717, 1.165) is 5.57 Å². The average molecular weight is 183 g/mol. The Kier molecular flexibility index (Phi) is 3.31. The number of hydrogen-bond acceptors (Lipinski definition) is 1. The molecule has 0 unspecified atom stereocenters. The smallest absolute Gasteiger partial charge is 0.223 e. The van der Waals surface area contributed by atoms with E-state index in [2.05, 4.69) is 27.4 Å². The van der Waals surface area contributed by atoms with Crippen molar-refractivity contribution < 1.29 is 4.79 Å². The zero-order chi connectivity index (χ0) is 10.9. The van der Waals surface area contributed by atoms with Crippen LogP contribution >= 0.6 is 0 Å². The van der Waals surface area contributed by atoms with E-state index in [1.165, 1.54) is 0 Å². The zero-order valence-corrected chi connectivity index (χ0v) is 9.40. The van der Waals surface area contributed by atoms with E-state index in [-0.39, 0.29) is 11.3 Å². The molecule has 0 saturated heterocycles. The molecule has 0 aromatic heterocycles. The van der Waals surface area contributed by atoms with Gasteiger partial charge in [0.25, 0.3) is 0 Å². The summed E-state index contributed by atoms with van der Waals surface area (Å²) in [5.41, 5.74) is 5.91. The lowest BCUT2D eigenvalue weighted by Crippen LogP contribution is -2.33. The Bertz CT molecular complexity index is 221. The predicted octanol–water partition coefficient (Wildman–Crippen LogP) is 2.49. The van der Waals surface area contributed by atoms with E-state index in [9.17, 15) is 4.79 Å². The predicted molar refractivity (Wildman–Crippen MR) is 56.2 cm³/mol. The molecular formula is C11H21NO. The van der Waals surface area contributed by atoms with Crippen LogP contribution in [-0.2, 0) is 4.79 Å². The molecule has 0 heterocycles. The molecule has 0 aliphatic carbocycles. The van der Waals surface area contributed by atoms with Crippen molar-refractivity contribution >= 4 is 5.91 Å². The summed E-state index contributed by atoms with van der Waals surface area (Å²) in [5.74, 6) is -0.266. The van der Waals surface area contributed by atoms with Crippen molar-refractivity contribution in [2.75, 3.05) is 0 Å². The highest BCUT2D eigenvalue weighted by Gasteiger charge is 2.29. The Morgan fingerprint density at radius 2 is 1.62 bits per heavy atom. The molecule has 0 aromatic carbocycles. The lowest BCUT2D eigenvalue weighted by molar-refractivity contribution is -0.126. The number of rotatable bonds is 3. The molecule has 2 heteroatoms. The fourth-order valence-corrected chi connectivity index (χ4v) is 0.886. The van der Waals surface area contributed by atoms with Crippen molar-refractivity contribution in [2.24, 2.45) is 16.6 Å². The number of carbonyl (C=O) groups is 1. The molecule has 1 amide bonds. The first-order valence-electron chi connectivity index (χ1n) is 4.55. The van der Waals surface area contributed by atoms with Gasteiger partial charge in [-0.3, -0.25) is 4.79 Å². The minimum absolute atomic E-state index is 0.0483. The van der Waals surface area contributed by atoms with Gasteiger partial charge in [-0.15, -0.1) is 0 Å². The third-order valence-electron chi connectivity index (χ3n) is 2.38. The summed E-state index contributed by atoms with van der Waals surface area (Å²) >= 11 is 0. The van der Waals surface area contributed by atoms with E-state index in [1.807, 2.05) is 13.8 Å². The molecule has 0 saturated carbocycles. The molecule has 2 N–H and O–H groups in total.